The first kappa shape index (κ1) is 19.4. The fourth-order valence-corrected chi connectivity index (χ4v) is 3.74. The normalized spacial score (nSPS) is 16.7. The summed E-state index contributed by atoms with van der Waals surface area (Å²) in [5.41, 5.74) is 1.89. The van der Waals surface area contributed by atoms with Crippen molar-refractivity contribution in [2.24, 2.45) is 0 Å². The Morgan fingerprint density at radius 3 is 2.66 bits per heavy atom. The minimum absolute atomic E-state index is 0.0802. The second kappa shape index (κ2) is 8.21. The number of nitrogens with zero attached hydrogens (tertiary/aromatic N) is 2. The van der Waals surface area contributed by atoms with Crippen LogP contribution in [0.1, 0.15) is 23.2 Å². The molecule has 1 saturated heterocycles. The highest BCUT2D eigenvalue weighted by atomic mass is 35.5. The van der Waals surface area contributed by atoms with E-state index in [-0.39, 0.29) is 28.4 Å². The molecule has 1 aliphatic rings. The van der Waals surface area contributed by atoms with Crippen LogP contribution in [0.4, 0.5) is 14.6 Å². The lowest BCUT2D eigenvalue weighted by molar-refractivity contribution is 0.0933. The van der Waals surface area contributed by atoms with Crippen molar-refractivity contribution in [2.45, 2.75) is 18.9 Å². The summed E-state index contributed by atoms with van der Waals surface area (Å²) in [5, 5.41) is 10.4. The van der Waals surface area contributed by atoms with Crippen LogP contribution in [0.15, 0.2) is 48.5 Å². The maximum atomic E-state index is 13.2. The van der Waals surface area contributed by atoms with E-state index in [0.717, 1.165) is 42.5 Å². The number of amides is 1. The average molecular weight is 417 g/mol. The number of hydrogen-bond acceptors (Lipinski definition) is 3. The molecule has 2 N–H and O–H groups in total. The predicted octanol–water partition coefficient (Wildman–Crippen LogP) is 4.41. The molecule has 2 aromatic carbocycles. The van der Waals surface area contributed by atoms with Gasteiger partial charge in [-0.15, -0.1) is 0 Å². The smallest absolute Gasteiger partial charge is 0.253 e. The number of hydrogen-bond donors (Lipinski definition) is 2. The number of halogens is 3. The van der Waals surface area contributed by atoms with Crippen LogP contribution in [0.2, 0.25) is 5.02 Å². The number of rotatable bonds is 4. The van der Waals surface area contributed by atoms with Gasteiger partial charge >= 0.3 is 0 Å². The monoisotopic (exact) mass is 416 g/mol. The van der Waals surface area contributed by atoms with Crippen LogP contribution in [0.3, 0.4) is 0 Å². The molecule has 150 valence electrons. The summed E-state index contributed by atoms with van der Waals surface area (Å²) < 4.78 is 26.3. The first-order chi connectivity index (χ1) is 14.0. The zero-order valence-corrected chi connectivity index (χ0v) is 16.2. The average Bonchev–Trinajstić information content (AvgIpc) is 3.19. The first-order valence-electron chi connectivity index (χ1n) is 9.32. The maximum Gasteiger partial charge on any atom is 0.253 e. The molecule has 1 atom stereocenters. The summed E-state index contributed by atoms with van der Waals surface area (Å²) in [6.07, 6.45) is 1.72. The third-order valence-corrected chi connectivity index (χ3v) is 5.29. The van der Waals surface area contributed by atoms with Gasteiger partial charge in [-0.2, -0.15) is 5.10 Å². The fraction of sp³-hybridized carbons (Fsp3) is 0.238. The Hall–Kier alpha value is -2.93. The lowest BCUT2D eigenvalue weighted by Gasteiger charge is -2.33. The Morgan fingerprint density at radius 1 is 1.14 bits per heavy atom. The molecule has 0 aliphatic carbocycles. The number of H-pyrrole nitrogens is 1. The highest BCUT2D eigenvalue weighted by Crippen LogP contribution is 2.25. The molecular weight excluding hydrogens is 398 g/mol. The molecule has 29 heavy (non-hydrogen) atoms. The molecule has 0 spiro atoms. The van der Waals surface area contributed by atoms with Gasteiger partial charge in [-0.05, 0) is 60.9 Å². The van der Waals surface area contributed by atoms with Gasteiger partial charge in [0.2, 0.25) is 0 Å². The molecule has 1 amide bonds. The van der Waals surface area contributed by atoms with E-state index in [0.29, 0.717) is 6.54 Å². The number of carbonyl (C=O) groups excluding carboxylic acids is 1. The molecule has 0 saturated carbocycles. The SMILES string of the molecule is O=C(NC1CCCN(c2cc(-c3ccc(F)cc3)[nH]n2)C1)c1ccc(F)cc1Cl. The zero-order valence-electron chi connectivity index (χ0n) is 15.5. The van der Waals surface area contributed by atoms with Gasteiger partial charge in [0, 0.05) is 25.2 Å². The third-order valence-electron chi connectivity index (χ3n) is 4.98. The molecular formula is C21H19ClF2N4O. The minimum Gasteiger partial charge on any atom is -0.353 e. The highest BCUT2D eigenvalue weighted by Gasteiger charge is 2.24. The highest BCUT2D eigenvalue weighted by molar-refractivity contribution is 6.33. The van der Waals surface area contributed by atoms with Crippen LogP contribution in [0.25, 0.3) is 11.3 Å². The molecule has 1 aliphatic heterocycles. The molecule has 5 nitrogen and oxygen atoms in total. The number of carbonyl (C=O) groups is 1. The van der Waals surface area contributed by atoms with Crippen LogP contribution in [-0.4, -0.2) is 35.2 Å². The van der Waals surface area contributed by atoms with E-state index in [1.807, 2.05) is 6.07 Å². The largest absolute Gasteiger partial charge is 0.353 e. The van der Waals surface area contributed by atoms with E-state index < -0.39 is 5.82 Å². The maximum absolute atomic E-state index is 13.2. The van der Waals surface area contributed by atoms with Crippen LogP contribution < -0.4 is 10.2 Å². The molecule has 1 unspecified atom stereocenters. The van der Waals surface area contributed by atoms with E-state index >= 15 is 0 Å². The van der Waals surface area contributed by atoms with Crippen molar-refractivity contribution in [1.29, 1.82) is 0 Å². The molecule has 2 heterocycles. The molecule has 3 aromatic rings. The van der Waals surface area contributed by atoms with Gasteiger partial charge < -0.3 is 10.2 Å². The predicted molar refractivity (Wildman–Crippen MR) is 108 cm³/mol. The van der Waals surface area contributed by atoms with E-state index in [1.165, 1.54) is 24.3 Å². The van der Waals surface area contributed by atoms with Crippen molar-refractivity contribution in [3.8, 4) is 11.3 Å². The first-order valence-corrected chi connectivity index (χ1v) is 9.69. The summed E-state index contributed by atoms with van der Waals surface area (Å²) in [6.45, 7) is 1.41. The van der Waals surface area contributed by atoms with Gasteiger partial charge in [0.25, 0.3) is 5.91 Å². The van der Waals surface area contributed by atoms with Gasteiger partial charge in [-0.25, -0.2) is 8.78 Å². The van der Waals surface area contributed by atoms with Crippen molar-refractivity contribution in [2.75, 3.05) is 18.0 Å². The number of aromatic amines is 1. The molecule has 4 rings (SSSR count). The Morgan fingerprint density at radius 2 is 1.90 bits per heavy atom. The van der Waals surface area contributed by atoms with Gasteiger partial charge in [0.15, 0.2) is 5.82 Å². The molecule has 0 radical (unpaired) electrons. The van der Waals surface area contributed by atoms with Crippen molar-refractivity contribution in [1.82, 2.24) is 15.5 Å². The van der Waals surface area contributed by atoms with Crippen molar-refractivity contribution >= 4 is 23.3 Å². The summed E-state index contributed by atoms with van der Waals surface area (Å²) in [4.78, 5) is 14.6. The summed E-state index contributed by atoms with van der Waals surface area (Å²) in [7, 11) is 0. The van der Waals surface area contributed by atoms with Crippen molar-refractivity contribution < 1.29 is 13.6 Å². The summed E-state index contributed by atoms with van der Waals surface area (Å²) >= 11 is 5.99. The Balaban J connectivity index is 1.43. The van der Waals surface area contributed by atoms with Gasteiger partial charge in [0.05, 0.1) is 16.3 Å². The molecule has 1 aromatic heterocycles. The lowest BCUT2D eigenvalue weighted by atomic mass is 10.0. The Bertz CT molecular complexity index is 1020. The second-order valence-electron chi connectivity index (χ2n) is 7.03. The molecule has 8 heteroatoms. The van der Waals surface area contributed by atoms with Crippen molar-refractivity contribution in [3.63, 3.8) is 0 Å². The van der Waals surface area contributed by atoms with Crippen LogP contribution in [0, 0.1) is 11.6 Å². The van der Waals surface area contributed by atoms with E-state index in [9.17, 15) is 13.6 Å². The Kier molecular flexibility index (Phi) is 5.49. The molecule has 0 bridgehead atoms. The number of anilines is 1. The number of nitrogens with one attached hydrogen (secondary N) is 2. The quantitative estimate of drug-likeness (QED) is 0.662. The minimum atomic E-state index is -0.481. The van der Waals surface area contributed by atoms with E-state index in [4.69, 9.17) is 11.6 Å². The summed E-state index contributed by atoms with van der Waals surface area (Å²) in [5.74, 6) is -0.325. The number of piperidine rings is 1. The third kappa shape index (κ3) is 4.40. The number of aromatic nitrogens is 2. The lowest BCUT2D eigenvalue weighted by Crippen LogP contribution is -2.48. The van der Waals surface area contributed by atoms with Crippen LogP contribution >= 0.6 is 11.6 Å². The molecule has 1 fully saturated rings. The van der Waals surface area contributed by atoms with Crippen LogP contribution in [0.5, 0.6) is 0 Å². The van der Waals surface area contributed by atoms with E-state index in [1.54, 1.807) is 12.1 Å². The topological polar surface area (TPSA) is 61.0 Å². The number of benzene rings is 2. The standard InChI is InChI=1S/C21H19ClF2N4O/c22-18-10-15(24)7-8-17(18)21(29)25-16-2-1-9-28(12-16)20-11-19(26-27-20)13-3-5-14(23)6-4-13/h3-8,10-11,16H,1-2,9,12H2,(H,25,29)(H,26,27). The van der Waals surface area contributed by atoms with Gasteiger partial charge in [0.1, 0.15) is 11.6 Å². The van der Waals surface area contributed by atoms with Crippen LogP contribution in [-0.2, 0) is 0 Å². The Labute approximate surface area is 171 Å². The van der Waals surface area contributed by atoms with Gasteiger partial charge in [-0.3, -0.25) is 9.89 Å². The summed E-state index contributed by atoms with van der Waals surface area (Å²) in [6, 6.07) is 11.8. The van der Waals surface area contributed by atoms with E-state index in [2.05, 4.69) is 20.4 Å². The van der Waals surface area contributed by atoms with Gasteiger partial charge in [-0.1, -0.05) is 11.6 Å². The zero-order chi connectivity index (χ0) is 20.4. The fourth-order valence-electron chi connectivity index (χ4n) is 3.49. The second-order valence-corrected chi connectivity index (χ2v) is 7.44. The van der Waals surface area contributed by atoms with Crippen molar-refractivity contribution in [3.05, 3.63) is 70.8 Å².